The topological polar surface area (TPSA) is 82.5 Å². The van der Waals surface area contributed by atoms with E-state index >= 15 is 0 Å². The predicted octanol–water partition coefficient (Wildman–Crippen LogP) is 3.61. The molecule has 0 saturated heterocycles. The minimum Gasteiger partial charge on any atom is -0.454 e. The summed E-state index contributed by atoms with van der Waals surface area (Å²) in [4.78, 5) is 25.5. The summed E-state index contributed by atoms with van der Waals surface area (Å²) in [7, 11) is 0. The number of carbonyl (C=O) groups is 1. The molecule has 0 aliphatic carbocycles. The zero-order chi connectivity index (χ0) is 19.7. The van der Waals surface area contributed by atoms with Crippen LogP contribution in [0.5, 0.6) is 11.5 Å². The number of hydrogen-bond donors (Lipinski definition) is 1. The standard InChI is InChI=1S/C21H19N3O4/c1-3-24-21(26)20(22-15-9-10-16-17(11-15)28-12-27-16)18(13(2)25)19(23-24)14-7-5-4-6-8-14/h4-11,22H,3,12H2,1-2H3. The fourth-order valence-corrected chi connectivity index (χ4v) is 3.16. The first kappa shape index (κ1) is 17.8. The minimum absolute atomic E-state index is 0.160. The van der Waals surface area contributed by atoms with E-state index in [1.807, 2.05) is 37.3 Å². The molecule has 142 valence electrons. The molecule has 0 unspecified atom stereocenters. The van der Waals surface area contributed by atoms with Crippen LogP contribution in [0, 0.1) is 0 Å². The molecule has 3 aromatic rings. The monoisotopic (exact) mass is 377 g/mol. The van der Waals surface area contributed by atoms with Crippen LogP contribution in [0.1, 0.15) is 24.2 Å². The van der Waals surface area contributed by atoms with Crippen molar-refractivity contribution in [1.82, 2.24) is 9.78 Å². The van der Waals surface area contributed by atoms with Crippen LogP contribution < -0.4 is 20.3 Å². The van der Waals surface area contributed by atoms with Gasteiger partial charge in [-0.3, -0.25) is 9.59 Å². The van der Waals surface area contributed by atoms with E-state index in [1.54, 1.807) is 18.2 Å². The molecular weight excluding hydrogens is 358 g/mol. The highest BCUT2D eigenvalue weighted by Crippen LogP contribution is 2.35. The molecule has 0 saturated carbocycles. The number of ether oxygens (including phenoxy) is 2. The van der Waals surface area contributed by atoms with Crippen molar-refractivity contribution < 1.29 is 14.3 Å². The average molecular weight is 377 g/mol. The van der Waals surface area contributed by atoms with Gasteiger partial charge in [0.25, 0.3) is 5.56 Å². The molecule has 7 nitrogen and oxygen atoms in total. The highest BCUT2D eigenvalue weighted by molar-refractivity contribution is 6.05. The number of rotatable bonds is 5. The summed E-state index contributed by atoms with van der Waals surface area (Å²) < 4.78 is 12.1. The zero-order valence-corrected chi connectivity index (χ0v) is 15.6. The second-order valence-electron chi connectivity index (χ2n) is 6.33. The Bertz CT molecular complexity index is 1110. The van der Waals surface area contributed by atoms with Crippen LogP contribution >= 0.6 is 0 Å². The van der Waals surface area contributed by atoms with Gasteiger partial charge in [0.2, 0.25) is 6.79 Å². The number of hydrogen-bond acceptors (Lipinski definition) is 6. The number of carbonyl (C=O) groups excluding carboxylic acids is 1. The lowest BCUT2D eigenvalue weighted by Crippen LogP contribution is -2.28. The number of Topliss-reactive ketones (excluding diaryl/α,β-unsaturated/α-hetero) is 1. The van der Waals surface area contributed by atoms with E-state index in [0.29, 0.717) is 29.4 Å². The Morgan fingerprint density at radius 1 is 1.14 bits per heavy atom. The van der Waals surface area contributed by atoms with E-state index in [9.17, 15) is 9.59 Å². The summed E-state index contributed by atoms with van der Waals surface area (Å²) in [5.74, 6) is 0.987. The second-order valence-corrected chi connectivity index (χ2v) is 6.33. The third-order valence-electron chi connectivity index (χ3n) is 4.50. The summed E-state index contributed by atoms with van der Waals surface area (Å²) >= 11 is 0. The van der Waals surface area contributed by atoms with Gasteiger partial charge in [-0.15, -0.1) is 0 Å². The molecule has 0 radical (unpaired) electrons. The zero-order valence-electron chi connectivity index (χ0n) is 15.6. The predicted molar refractivity (Wildman–Crippen MR) is 105 cm³/mol. The van der Waals surface area contributed by atoms with Crippen LogP contribution in [0.2, 0.25) is 0 Å². The molecule has 7 heteroatoms. The molecule has 1 aliphatic heterocycles. The Balaban J connectivity index is 1.90. The van der Waals surface area contributed by atoms with E-state index in [1.165, 1.54) is 11.6 Å². The number of aromatic nitrogens is 2. The first-order valence-electron chi connectivity index (χ1n) is 8.96. The van der Waals surface area contributed by atoms with E-state index in [0.717, 1.165) is 5.56 Å². The van der Waals surface area contributed by atoms with Crippen LogP contribution in [0.15, 0.2) is 53.3 Å². The maximum absolute atomic E-state index is 13.0. The van der Waals surface area contributed by atoms with Gasteiger partial charge in [-0.05, 0) is 26.0 Å². The number of aryl methyl sites for hydroxylation is 1. The lowest BCUT2D eigenvalue weighted by atomic mass is 10.0. The van der Waals surface area contributed by atoms with Gasteiger partial charge in [0.05, 0.1) is 5.56 Å². The first-order chi connectivity index (χ1) is 13.6. The van der Waals surface area contributed by atoms with Crippen LogP contribution in [-0.2, 0) is 6.54 Å². The highest BCUT2D eigenvalue weighted by atomic mass is 16.7. The second kappa shape index (κ2) is 7.19. The van der Waals surface area contributed by atoms with Crippen LogP contribution in [-0.4, -0.2) is 22.4 Å². The SMILES string of the molecule is CCn1nc(-c2ccccc2)c(C(C)=O)c(Nc2ccc3c(c2)OCO3)c1=O. The molecule has 2 aromatic carbocycles. The summed E-state index contributed by atoms with van der Waals surface area (Å²) in [6.45, 7) is 3.81. The fraction of sp³-hybridized carbons (Fsp3) is 0.190. The Hall–Kier alpha value is -3.61. The lowest BCUT2D eigenvalue weighted by molar-refractivity contribution is 0.101. The van der Waals surface area contributed by atoms with Crippen molar-refractivity contribution in [3.8, 4) is 22.8 Å². The van der Waals surface area contributed by atoms with Crippen molar-refractivity contribution in [3.63, 3.8) is 0 Å². The number of benzene rings is 2. The van der Waals surface area contributed by atoms with Gasteiger partial charge < -0.3 is 14.8 Å². The molecule has 0 atom stereocenters. The van der Waals surface area contributed by atoms with Gasteiger partial charge in [0.1, 0.15) is 11.4 Å². The number of fused-ring (bicyclic) bond motifs is 1. The smallest absolute Gasteiger partial charge is 0.291 e. The van der Waals surface area contributed by atoms with Gasteiger partial charge >= 0.3 is 0 Å². The van der Waals surface area contributed by atoms with Crippen molar-refractivity contribution in [2.45, 2.75) is 20.4 Å². The number of ketones is 1. The molecule has 4 rings (SSSR count). The molecular formula is C21H19N3O4. The van der Waals surface area contributed by atoms with E-state index in [-0.39, 0.29) is 29.4 Å². The third-order valence-corrected chi connectivity index (χ3v) is 4.50. The van der Waals surface area contributed by atoms with Gasteiger partial charge in [-0.2, -0.15) is 5.10 Å². The maximum Gasteiger partial charge on any atom is 0.291 e. The Labute approximate surface area is 161 Å². The van der Waals surface area contributed by atoms with Gasteiger partial charge in [0, 0.05) is 23.9 Å². The van der Waals surface area contributed by atoms with E-state index in [2.05, 4.69) is 10.4 Å². The molecule has 0 fully saturated rings. The number of nitrogens with one attached hydrogen (secondary N) is 1. The van der Waals surface area contributed by atoms with Crippen LogP contribution in [0.25, 0.3) is 11.3 Å². The quantitative estimate of drug-likeness (QED) is 0.684. The van der Waals surface area contributed by atoms with Crippen LogP contribution in [0.4, 0.5) is 11.4 Å². The van der Waals surface area contributed by atoms with E-state index < -0.39 is 0 Å². The van der Waals surface area contributed by atoms with E-state index in [4.69, 9.17) is 9.47 Å². The average Bonchev–Trinajstić information content (AvgIpc) is 3.17. The molecule has 0 spiro atoms. The normalized spacial score (nSPS) is 12.1. The molecule has 0 bridgehead atoms. The van der Waals surface area contributed by atoms with Crippen LogP contribution in [0.3, 0.4) is 0 Å². The Morgan fingerprint density at radius 2 is 1.89 bits per heavy atom. The van der Waals surface area contributed by atoms with Crippen molar-refractivity contribution in [2.24, 2.45) is 0 Å². The van der Waals surface area contributed by atoms with Gasteiger partial charge in [-0.25, -0.2) is 4.68 Å². The third kappa shape index (κ3) is 3.11. The highest BCUT2D eigenvalue weighted by Gasteiger charge is 2.22. The molecule has 1 N–H and O–H groups in total. The summed E-state index contributed by atoms with van der Waals surface area (Å²) in [6.07, 6.45) is 0. The van der Waals surface area contributed by atoms with Crippen molar-refractivity contribution in [3.05, 3.63) is 64.4 Å². The number of anilines is 2. The molecule has 1 aliphatic rings. The molecule has 1 aromatic heterocycles. The Kier molecular flexibility index (Phi) is 4.57. The fourth-order valence-electron chi connectivity index (χ4n) is 3.16. The van der Waals surface area contributed by atoms with Crippen molar-refractivity contribution in [1.29, 1.82) is 0 Å². The summed E-state index contributed by atoms with van der Waals surface area (Å²) in [5.41, 5.74) is 1.96. The summed E-state index contributed by atoms with van der Waals surface area (Å²) in [6, 6.07) is 14.6. The van der Waals surface area contributed by atoms with Gasteiger partial charge in [-0.1, -0.05) is 30.3 Å². The molecule has 2 heterocycles. The lowest BCUT2D eigenvalue weighted by Gasteiger charge is -2.16. The molecule has 28 heavy (non-hydrogen) atoms. The van der Waals surface area contributed by atoms with Crippen molar-refractivity contribution >= 4 is 17.2 Å². The van der Waals surface area contributed by atoms with Gasteiger partial charge in [0.15, 0.2) is 17.3 Å². The minimum atomic E-state index is -0.356. The number of nitrogens with zero attached hydrogens (tertiary/aromatic N) is 2. The largest absolute Gasteiger partial charge is 0.454 e. The Morgan fingerprint density at radius 3 is 2.61 bits per heavy atom. The first-order valence-corrected chi connectivity index (χ1v) is 8.96. The molecule has 0 amide bonds. The summed E-state index contributed by atoms with van der Waals surface area (Å²) in [5, 5.41) is 7.55. The maximum atomic E-state index is 13.0. The van der Waals surface area contributed by atoms with Crippen molar-refractivity contribution in [2.75, 3.05) is 12.1 Å².